The van der Waals surface area contributed by atoms with Gasteiger partial charge in [-0.3, -0.25) is 9.59 Å². The number of halogens is 1. The number of amides is 2. The predicted molar refractivity (Wildman–Crippen MR) is 129 cm³/mol. The van der Waals surface area contributed by atoms with Gasteiger partial charge in [0.1, 0.15) is 6.54 Å². The number of hydrogen-bond donors (Lipinski definition) is 1. The van der Waals surface area contributed by atoms with E-state index in [0.29, 0.717) is 23.8 Å². The smallest absolute Gasteiger partial charge is 0.242 e. The van der Waals surface area contributed by atoms with Crippen LogP contribution in [0.3, 0.4) is 0 Å². The average Bonchev–Trinajstić information content (AvgIpc) is 3.11. The molecule has 0 spiro atoms. The summed E-state index contributed by atoms with van der Waals surface area (Å²) in [6, 6.07) is 15.0. The standard InChI is InChI=1S/C24H26ClN3O3S/c1-16-11-28(12-17(2)31-16)24(30)14-27-13-22(20-5-3-4-6-21(20)27)32-15-23(29)26-19-9-7-18(25)8-10-19/h3-10,13,16-17H,11-12,14-15H2,1-2H3,(H,26,29)/t16-,17-/m1/s1. The lowest BCUT2D eigenvalue weighted by Crippen LogP contribution is -2.49. The third-order valence-corrected chi connectivity index (χ3v) is 6.61. The minimum Gasteiger partial charge on any atom is -0.372 e. The number of carbonyl (C=O) groups excluding carboxylic acids is 2. The Morgan fingerprint density at radius 2 is 1.78 bits per heavy atom. The fourth-order valence-corrected chi connectivity index (χ4v) is 4.97. The molecule has 8 heteroatoms. The number of ether oxygens (including phenoxy) is 1. The first-order valence-corrected chi connectivity index (χ1v) is 11.9. The number of anilines is 1. The first kappa shape index (κ1) is 22.7. The van der Waals surface area contributed by atoms with Crippen molar-refractivity contribution >= 4 is 51.8 Å². The van der Waals surface area contributed by atoms with Gasteiger partial charge in [0.2, 0.25) is 11.8 Å². The molecule has 0 saturated carbocycles. The van der Waals surface area contributed by atoms with Gasteiger partial charge >= 0.3 is 0 Å². The molecular weight excluding hydrogens is 446 g/mol. The molecule has 3 aromatic rings. The summed E-state index contributed by atoms with van der Waals surface area (Å²) in [7, 11) is 0. The van der Waals surface area contributed by atoms with Crippen LogP contribution >= 0.6 is 23.4 Å². The van der Waals surface area contributed by atoms with Crippen LogP contribution in [0.15, 0.2) is 59.6 Å². The number of nitrogens with zero attached hydrogens (tertiary/aromatic N) is 2. The molecule has 1 aliphatic rings. The van der Waals surface area contributed by atoms with E-state index in [0.717, 1.165) is 15.8 Å². The highest BCUT2D eigenvalue weighted by molar-refractivity contribution is 8.00. The maximum absolute atomic E-state index is 13.0. The zero-order chi connectivity index (χ0) is 22.7. The van der Waals surface area contributed by atoms with E-state index in [9.17, 15) is 9.59 Å². The maximum atomic E-state index is 13.0. The number of thioether (sulfide) groups is 1. The molecule has 6 nitrogen and oxygen atoms in total. The number of benzene rings is 2. The van der Waals surface area contributed by atoms with Crippen molar-refractivity contribution < 1.29 is 14.3 Å². The van der Waals surface area contributed by atoms with Crippen LogP contribution in [0.1, 0.15) is 13.8 Å². The molecule has 0 aliphatic carbocycles. The number of carbonyl (C=O) groups is 2. The van der Waals surface area contributed by atoms with Crippen molar-refractivity contribution in [3.05, 3.63) is 59.8 Å². The van der Waals surface area contributed by atoms with Gasteiger partial charge in [0.25, 0.3) is 0 Å². The molecule has 2 aromatic carbocycles. The van der Waals surface area contributed by atoms with Crippen molar-refractivity contribution in [3.63, 3.8) is 0 Å². The van der Waals surface area contributed by atoms with E-state index >= 15 is 0 Å². The van der Waals surface area contributed by atoms with Crippen LogP contribution in [0, 0.1) is 0 Å². The summed E-state index contributed by atoms with van der Waals surface area (Å²) >= 11 is 7.36. The summed E-state index contributed by atoms with van der Waals surface area (Å²) in [5, 5.41) is 4.54. The molecular formula is C24H26ClN3O3S. The van der Waals surface area contributed by atoms with Gasteiger partial charge in [-0.1, -0.05) is 29.8 Å². The molecule has 0 unspecified atom stereocenters. The largest absolute Gasteiger partial charge is 0.372 e. The second-order valence-electron chi connectivity index (χ2n) is 8.04. The minimum absolute atomic E-state index is 0.0365. The van der Waals surface area contributed by atoms with Crippen LogP contribution in [0.5, 0.6) is 0 Å². The number of nitrogens with one attached hydrogen (secondary N) is 1. The molecule has 1 saturated heterocycles. The van der Waals surface area contributed by atoms with Crippen LogP contribution in [-0.4, -0.2) is 52.3 Å². The highest BCUT2D eigenvalue weighted by Gasteiger charge is 2.26. The summed E-state index contributed by atoms with van der Waals surface area (Å²) < 4.78 is 7.72. The predicted octanol–water partition coefficient (Wildman–Crippen LogP) is 4.66. The highest BCUT2D eigenvalue weighted by Crippen LogP contribution is 2.30. The van der Waals surface area contributed by atoms with Gasteiger partial charge < -0.3 is 19.5 Å². The number of rotatable bonds is 6. The average molecular weight is 472 g/mol. The second-order valence-corrected chi connectivity index (χ2v) is 9.49. The van der Waals surface area contributed by atoms with Gasteiger partial charge in [-0.05, 0) is 44.2 Å². The van der Waals surface area contributed by atoms with Crippen LogP contribution in [0.25, 0.3) is 10.9 Å². The fourth-order valence-electron chi connectivity index (χ4n) is 3.96. The SMILES string of the molecule is C[C@@H]1CN(C(=O)Cn2cc(SCC(=O)Nc3ccc(Cl)cc3)c3ccccc32)C[C@@H](C)O1. The van der Waals surface area contributed by atoms with Crippen LogP contribution in [0.2, 0.25) is 5.02 Å². The van der Waals surface area contributed by atoms with Gasteiger partial charge in [0.05, 0.1) is 18.0 Å². The van der Waals surface area contributed by atoms with E-state index in [2.05, 4.69) is 5.32 Å². The van der Waals surface area contributed by atoms with Crippen molar-refractivity contribution in [1.82, 2.24) is 9.47 Å². The fraction of sp³-hybridized carbons (Fsp3) is 0.333. The summed E-state index contributed by atoms with van der Waals surface area (Å²) in [5.41, 5.74) is 1.69. The Labute approximate surface area is 196 Å². The number of hydrogen-bond acceptors (Lipinski definition) is 4. The molecule has 1 aliphatic heterocycles. The van der Waals surface area contributed by atoms with Crippen molar-refractivity contribution in [2.45, 2.75) is 37.5 Å². The first-order chi connectivity index (χ1) is 15.4. The highest BCUT2D eigenvalue weighted by atomic mass is 35.5. The van der Waals surface area contributed by atoms with Crippen molar-refractivity contribution in [3.8, 4) is 0 Å². The van der Waals surface area contributed by atoms with Gasteiger partial charge in [-0.25, -0.2) is 0 Å². The normalized spacial score (nSPS) is 18.7. The maximum Gasteiger partial charge on any atom is 0.242 e. The lowest BCUT2D eigenvalue weighted by atomic mass is 10.2. The van der Waals surface area contributed by atoms with Crippen molar-refractivity contribution in [2.75, 3.05) is 24.2 Å². The van der Waals surface area contributed by atoms with Gasteiger partial charge in [-0.15, -0.1) is 11.8 Å². The number of fused-ring (bicyclic) bond motifs is 1. The Bertz CT molecular complexity index is 1110. The van der Waals surface area contributed by atoms with Crippen molar-refractivity contribution in [2.24, 2.45) is 0 Å². The Kier molecular flexibility index (Phi) is 7.08. The molecule has 0 bridgehead atoms. The molecule has 1 fully saturated rings. The molecule has 2 heterocycles. The van der Waals surface area contributed by atoms with Crippen LogP contribution < -0.4 is 5.32 Å². The zero-order valence-electron chi connectivity index (χ0n) is 18.1. The third kappa shape index (κ3) is 5.46. The molecule has 4 rings (SSSR count). The number of aromatic nitrogens is 1. The van der Waals surface area contributed by atoms with Gasteiger partial charge in [-0.2, -0.15) is 0 Å². The number of para-hydroxylation sites is 1. The van der Waals surface area contributed by atoms with E-state index in [4.69, 9.17) is 16.3 Å². The topological polar surface area (TPSA) is 63.6 Å². The summed E-state index contributed by atoms with van der Waals surface area (Å²) in [4.78, 5) is 28.2. The van der Waals surface area contributed by atoms with E-state index in [1.54, 1.807) is 24.3 Å². The lowest BCUT2D eigenvalue weighted by molar-refractivity contribution is -0.143. The minimum atomic E-state index is -0.0958. The Hall–Kier alpha value is -2.48. The second kappa shape index (κ2) is 9.98. The molecule has 168 valence electrons. The van der Waals surface area contributed by atoms with E-state index in [-0.39, 0.29) is 36.3 Å². The molecule has 1 aromatic heterocycles. The number of morpholine rings is 1. The van der Waals surface area contributed by atoms with Gasteiger partial charge in [0, 0.05) is 45.8 Å². The third-order valence-electron chi connectivity index (χ3n) is 5.32. The zero-order valence-corrected chi connectivity index (χ0v) is 19.7. The Balaban J connectivity index is 1.44. The quantitative estimate of drug-likeness (QED) is 0.531. The summed E-state index contributed by atoms with van der Waals surface area (Å²) in [5.74, 6) is 0.245. The van der Waals surface area contributed by atoms with E-state index in [1.165, 1.54) is 11.8 Å². The van der Waals surface area contributed by atoms with E-state index < -0.39 is 0 Å². The van der Waals surface area contributed by atoms with Crippen LogP contribution in [0.4, 0.5) is 5.69 Å². The monoisotopic (exact) mass is 471 g/mol. The molecule has 32 heavy (non-hydrogen) atoms. The van der Waals surface area contributed by atoms with Gasteiger partial charge in [0.15, 0.2) is 0 Å². The molecule has 1 N–H and O–H groups in total. The lowest BCUT2D eigenvalue weighted by Gasteiger charge is -2.35. The van der Waals surface area contributed by atoms with E-state index in [1.807, 2.05) is 53.8 Å². The summed E-state index contributed by atoms with van der Waals surface area (Å²) in [6.45, 7) is 5.46. The molecule has 2 atom stereocenters. The molecule has 2 amide bonds. The molecule has 0 radical (unpaired) electrons. The summed E-state index contributed by atoms with van der Waals surface area (Å²) in [6.07, 6.45) is 2.04. The Morgan fingerprint density at radius 3 is 2.50 bits per heavy atom. The first-order valence-electron chi connectivity index (χ1n) is 10.6. The van der Waals surface area contributed by atoms with Crippen LogP contribution in [-0.2, 0) is 20.9 Å². The van der Waals surface area contributed by atoms with Crippen molar-refractivity contribution in [1.29, 1.82) is 0 Å². The Morgan fingerprint density at radius 1 is 1.09 bits per heavy atom.